The molecule has 3 aromatic rings. The van der Waals surface area contributed by atoms with E-state index in [1.54, 1.807) is 6.07 Å². The molecule has 2 fully saturated rings. The van der Waals surface area contributed by atoms with E-state index in [0.29, 0.717) is 49.5 Å². The van der Waals surface area contributed by atoms with Crippen molar-refractivity contribution < 1.29 is 9.59 Å². The lowest BCUT2D eigenvalue weighted by Crippen LogP contribution is -2.54. The number of H-pyrrole nitrogens is 1. The Morgan fingerprint density at radius 1 is 1.07 bits per heavy atom. The Kier molecular flexibility index (Phi) is 9.54. The Bertz CT molecular complexity index is 1440. The fourth-order valence-corrected chi connectivity index (χ4v) is 6.83. The maximum Gasteiger partial charge on any atom is 0.326 e. The van der Waals surface area contributed by atoms with Gasteiger partial charge < -0.3 is 19.7 Å². The van der Waals surface area contributed by atoms with Crippen LogP contribution in [0.25, 0.3) is 11.0 Å². The van der Waals surface area contributed by atoms with Gasteiger partial charge in [-0.3, -0.25) is 14.2 Å². The SMILES string of the molecule is CCCCCC(=O)N1CCN(c2cc(Cl)nc(SCC(=O)N3CCC(n4c(=O)[nH]c5ccccc54)CC3)n2)CC1C. The molecule has 2 aromatic heterocycles. The fourth-order valence-electron chi connectivity index (χ4n) is 5.85. The molecule has 12 heteroatoms. The van der Waals surface area contributed by atoms with Gasteiger partial charge in [0.2, 0.25) is 11.8 Å². The molecule has 41 heavy (non-hydrogen) atoms. The number of amides is 2. The second kappa shape index (κ2) is 13.3. The second-order valence-electron chi connectivity index (χ2n) is 10.9. The molecule has 10 nitrogen and oxygen atoms in total. The van der Waals surface area contributed by atoms with Gasteiger partial charge in [-0.25, -0.2) is 14.8 Å². The molecule has 2 saturated heterocycles. The normalized spacial score (nSPS) is 18.3. The molecule has 1 atom stereocenters. The zero-order valence-electron chi connectivity index (χ0n) is 23.7. The number of rotatable bonds is 9. The molecule has 0 radical (unpaired) electrons. The number of aromatic amines is 1. The minimum absolute atomic E-state index is 0.0219. The van der Waals surface area contributed by atoms with Gasteiger partial charge in [-0.05, 0) is 38.3 Å². The number of nitrogens with one attached hydrogen (secondary N) is 1. The molecular formula is C29H38ClN7O3S. The smallest absolute Gasteiger partial charge is 0.326 e. The van der Waals surface area contributed by atoms with E-state index >= 15 is 0 Å². The molecule has 2 aliphatic heterocycles. The number of hydrogen-bond donors (Lipinski definition) is 1. The van der Waals surface area contributed by atoms with Crippen LogP contribution in [-0.4, -0.2) is 85.7 Å². The molecule has 0 spiro atoms. The number of aromatic nitrogens is 4. The first-order chi connectivity index (χ1) is 19.8. The predicted molar refractivity (Wildman–Crippen MR) is 163 cm³/mol. The van der Waals surface area contributed by atoms with Crippen LogP contribution in [-0.2, 0) is 9.59 Å². The van der Waals surface area contributed by atoms with Gasteiger partial charge in [-0.15, -0.1) is 0 Å². The first kappa shape index (κ1) is 29.4. The third-order valence-corrected chi connectivity index (χ3v) is 9.08. The number of fused-ring (bicyclic) bond motifs is 1. The van der Waals surface area contributed by atoms with Crippen molar-refractivity contribution in [2.45, 2.75) is 69.6 Å². The van der Waals surface area contributed by atoms with Crippen LogP contribution in [0.2, 0.25) is 5.15 Å². The van der Waals surface area contributed by atoms with Gasteiger partial charge in [0.25, 0.3) is 0 Å². The third-order valence-electron chi connectivity index (χ3n) is 8.06. The Morgan fingerprint density at radius 3 is 2.61 bits per heavy atom. The van der Waals surface area contributed by atoms with Crippen LogP contribution in [0.15, 0.2) is 40.3 Å². The number of benzene rings is 1. The van der Waals surface area contributed by atoms with Crippen LogP contribution >= 0.6 is 23.4 Å². The van der Waals surface area contributed by atoms with Gasteiger partial charge in [0.15, 0.2) is 5.16 Å². The van der Waals surface area contributed by atoms with E-state index in [4.69, 9.17) is 16.6 Å². The summed E-state index contributed by atoms with van der Waals surface area (Å²) in [6, 6.07) is 9.58. The highest BCUT2D eigenvalue weighted by atomic mass is 35.5. The number of carbonyl (C=O) groups excluding carboxylic acids is 2. The van der Waals surface area contributed by atoms with Crippen LogP contribution in [0.4, 0.5) is 5.82 Å². The van der Waals surface area contributed by atoms with E-state index in [2.05, 4.69) is 28.7 Å². The summed E-state index contributed by atoms with van der Waals surface area (Å²) in [5, 5.41) is 0.799. The van der Waals surface area contributed by atoms with Crippen LogP contribution in [0.5, 0.6) is 0 Å². The summed E-state index contributed by atoms with van der Waals surface area (Å²) in [5.74, 6) is 1.18. The average molecular weight is 600 g/mol. The van der Waals surface area contributed by atoms with Crippen molar-refractivity contribution in [1.82, 2.24) is 29.3 Å². The van der Waals surface area contributed by atoms with E-state index in [0.717, 1.165) is 49.0 Å². The molecule has 5 rings (SSSR count). The number of anilines is 1. The highest BCUT2D eigenvalue weighted by Crippen LogP contribution is 2.27. The maximum absolute atomic E-state index is 13.0. The second-order valence-corrected chi connectivity index (χ2v) is 12.2. The number of nitrogens with zero attached hydrogens (tertiary/aromatic N) is 6. The highest BCUT2D eigenvalue weighted by Gasteiger charge is 2.29. The number of imidazole rings is 1. The van der Waals surface area contributed by atoms with Gasteiger partial charge in [-0.2, -0.15) is 0 Å². The van der Waals surface area contributed by atoms with Crippen molar-refractivity contribution in [2.24, 2.45) is 0 Å². The minimum atomic E-state index is -0.102. The maximum atomic E-state index is 13.0. The summed E-state index contributed by atoms with van der Waals surface area (Å²) >= 11 is 7.64. The number of para-hydroxylation sites is 2. The number of carbonyl (C=O) groups is 2. The number of halogens is 1. The lowest BCUT2D eigenvalue weighted by molar-refractivity contribution is -0.133. The molecule has 220 valence electrons. The number of unbranched alkanes of at least 4 members (excludes halogenated alkanes) is 2. The standard InChI is InChI=1S/C29H38ClN7O3S/c1-3-4-5-10-26(38)36-16-15-35(18-20(36)2)25-17-24(30)32-28(33-25)41-19-27(39)34-13-11-21(12-14-34)37-23-9-7-6-8-22(23)31-29(37)40/h6-9,17,20-21H,3-5,10-16,18-19H2,1-2H3,(H,31,40). The summed E-state index contributed by atoms with van der Waals surface area (Å²) < 4.78 is 1.83. The molecule has 2 amide bonds. The summed E-state index contributed by atoms with van der Waals surface area (Å²) in [4.78, 5) is 56.2. The number of thioether (sulfide) groups is 1. The monoisotopic (exact) mass is 599 g/mol. The zero-order valence-corrected chi connectivity index (χ0v) is 25.3. The molecule has 1 unspecified atom stereocenters. The summed E-state index contributed by atoms with van der Waals surface area (Å²) in [6.45, 7) is 7.39. The molecule has 0 aliphatic carbocycles. The van der Waals surface area contributed by atoms with Gasteiger partial charge in [-0.1, -0.05) is 55.3 Å². The van der Waals surface area contributed by atoms with E-state index < -0.39 is 0 Å². The van der Waals surface area contributed by atoms with Crippen LogP contribution < -0.4 is 10.6 Å². The average Bonchev–Trinajstić information content (AvgIpc) is 3.31. The molecule has 4 heterocycles. The van der Waals surface area contributed by atoms with Crippen molar-refractivity contribution in [3.05, 3.63) is 46.0 Å². The van der Waals surface area contributed by atoms with Crippen molar-refractivity contribution in [2.75, 3.05) is 43.4 Å². The van der Waals surface area contributed by atoms with Gasteiger partial charge in [0.1, 0.15) is 11.0 Å². The Balaban J connectivity index is 1.14. The zero-order chi connectivity index (χ0) is 28.9. The molecular weight excluding hydrogens is 562 g/mol. The number of piperazine rings is 1. The quantitative estimate of drug-likeness (QED) is 0.169. The van der Waals surface area contributed by atoms with E-state index in [9.17, 15) is 14.4 Å². The lowest BCUT2D eigenvalue weighted by Gasteiger charge is -2.40. The first-order valence-electron chi connectivity index (χ1n) is 14.5. The molecule has 1 aromatic carbocycles. The molecule has 1 N–H and O–H groups in total. The number of likely N-dealkylation sites (tertiary alicyclic amines) is 1. The largest absolute Gasteiger partial charge is 0.353 e. The third kappa shape index (κ3) is 6.89. The molecule has 0 bridgehead atoms. The van der Waals surface area contributed by atoms with Crippen LogP contribution in [0, 0.1) is 0 Å². The van der Waals surface area contributed by atoms with E-state index in [-0.39, 0.29) is 35.3 Å². The highest BCUT2D eigenvalue weighted by molar-refractivity contribution is 7.99. The molecule has 2 aliphatic rings. The van der Waals surface area contributed by atoms with Crippen molar-refractivity contribution >= 4 is 52.0 Å². The fraction of sp³-hybridized carbons (Fsp3) is 0.552. The Morgan fingerprint density at radius 2 is 1.85 bits per heavy atom. The van der Waals surface area contributed by atoms with Gasteiger partial charge >= 0.3 is 5.69 Å². The predicted octanol–water partition coefficient (Wildman–Crippen LogP) is 4.35. The van der Waals surface area contributed by atoms with Crippen molar-refractivity contribution in [3.63, 3.8) is 0 Å². The number of piperidine rings is 1. The number of hydrogen-bond acceptors (Lipinski definition) is 7. The lowest BCUT2D eigenvalue weighted by atomic mass is 10.0. The van der Waals surface area contributed by atoms with Crippen molar-refractivity contribution in [1.29, 1.82) is 0 Å². The summed E-state index contributed by atoms with van der Waals surface area (Å²) in [6.07, 6.45) is 5.16. The van der Waals surface area contributed by atoms with Crippen LogP contribution in [0.3, 0.4) is 0 Å². The topological polar surface area (TPSA) is 107 Å². The first-order valence-corrected chi connectivity index (χ1v) is 15.9. The van der Waals surface area contributed by atoms with Crippen LogP contribution in [0.1, 0.15) is 58.4 Å². The summed E-state index contributed by atoms with van der Waals surface area (Å²) in [5.41, 5.74) is 1.64. The van der Waals surface area contributed by atoms with Crippen molar-refractivity contribution in [3.8, 4) is 0 Å². The van der Waals surface area contributed by atoms with E-state index in [1.165, 1.54) is 11.8 Å². The van der Waals surface area contributed by atoms with Gasteiger partial charge in [0.05, 0.1) is 16.8 Å². The Hall–Kier alpha value is -3.05. The minimum Gasteiger partial charge on any atom is -0.353 e. The Labute approximate surface area is 249 Å². The van der Waals surface area contributed by atoms with Gasteiger partial charge in [0, 0.05) is 57.3 Å². The molecule has 0 saturated carbocycles. The summed E-state index contributed by atoms with van der Waals surface area (Å²) in [7, 11) is 0. The van der Waals surface area contributed by atoms with E-state index in [1.807, 2.05) is 38.6 Å².